The van der Waals surface area contributed by atoms with Gasteiger partial charge >= 0.3 is 0 Å². The van der Waals surface area contributed by atoms with Crippen LogP contribution in [0.3, 0.4) is 0 Å². The zero-order chi connectivity index (χ0) is 20.7. The first-order valence-corrected chi connectivity index (χ1v) is 13.6. The summed E-state index contributed by atoms with van der Waals surface area (Å²) >= 11 is 6.53. The number of aromatic nitrogens is 1. The van der Waals surface area contributed by atoms with Gasteiger partial charge in [-0.05, 0) is 61.7 Å². The molecular formula is C22H34ClN3OSi. The molecule has 0 saturated carbocycles. The Balaban J connectivity index is 1.86. The molecule has 3 rings (SSSR count). The topological polar surface area (TPSA) is 51.4 Å². The summed E-state index contributed by atoms with van der Waals surface area (Å²) in [6.07, 6.45) is 4.23. The Kier molecular flexibility index (Phi) is 6.11. The molecule has 0 radical (unpaired) electrons. The SMILES string of the molecule is CC(N)c1cc(Cl)c2cccnc2c1N1CCC(O[Si](C)(C)C(C)(C)C)CC1. The van der Waals surface area contributed by atoms with E-state index in [1.165, 1.54) is 0 Å². The molecule has 0 bridgehead atoms. The first-order valence-electron chi connectivity index (χ1n) is 10.3. The smallest absolute Gasteiger partial charge is 0.192 e. The van der Waals surface area contributed by atoms with Gasteiger partial charge in [0.2, 0.25) is 0 Å². The third kappa shape index (κ3) is 4.23. The van der Waals surface area contributed by atoms with Crippen molar-refractivity contribution in [2.24, 2.45) is 5.73 Å². The number of piperidine rings is 1. The maximum absolute atomic E-state index is 6.66. The second-order valence-electron chi connectivity index (χ2n) is 9.55. The van der Waals surface area contributed by atoms with Gasteiger partial charge in [-0.1, -0.05) is 32.4 Å². The molecule has 1 unspecified atom stereocenters. The summed E-state index contributed by atoms with van der Waals surface area (Å²) in [5, 5.41) is 1.95. The van der Waals surface area contributed by atoms with Gasteiger partial charge in [-0.25, -0.2) is 0 Å². The summed E-state index contributed by atoms with van der Waals surface area (Å²) in [7, 11) is -1.74. The van der Waals surface area contributed by atoms with E-state index in [-0.39, 0.29) is 11.1 Å². The highest BCUT2D eigenvalue weighted by Crippen LogP contribution is 2.40. The fourth-order valence-electron chi connectivity index (χ4n) is 3.68. The van der Waals surface area contributed by atoms with Gasteiger partial charge < -0.3 is 15.1 Å². The fourth-order valence-corrected chi connectivity index (χ4v) is 5.37. The van der Waals surface area contributed by atoms with Crippen molar-refractivity contribution in [3.8, 4) is 0 Å². The average molecular weight is 420 g/mol. The summed E-state index contributed by atoms with van der Waals surface area (Å²) in [5.41, 5.74) is 9.47. The molecule has 2 aromatic rings. The maximum Gasteiger partial charge on any atom is 0.192 e. The first kappa shape index (κ1) is 21.6. The number of pyridine rings is 1. The molecule has 154 valence electrons. The summed E-state index contributed by atoms with van der Waals surface area (Å²) in [5.74, 6) is 0. The maximum atomic E-state index is 6.66. The van der Waals surface area contributed by atoms with Crippen LogP contribution in [0.1, 0.15) is 52.1 Å². The van der Waals surface area contributed by atoms with Crippen molar-refractivity contribution in [2.75, 3.05) is 18.0 Å². The second-order valence-corrected chi connectivity index (χ2v) is 14.7. The summed E-state index contributed by atoms with van der Waals surface area (Å²) in [6, 6.07) is 5.89. The molecule has 0 amide bonds. The lowest BCUT2D eigenvalue weighted by Gasteiger charge is -2.42. The predicted molar refractivity (Wildman–Crippen MR) is 123 cm³/mol. The van der Waals surface area contributed by atoms with Gasteiger partial charge in [0.25, 0.3) is 0 Å². The highest BCUT2D eigenvalue weighted by Gasteiger charge is 2.40. The number of benzene rings is 1. The van der Waals surface area contributed by atoms with Crippen molar-refractivity contribution in [1.82, 2.24) is 4.98 Å². The Bertz CT molecular complexity index is 840. The molecule has 1 atom stereocenters. The van der Waals surface area contributed by atoms with Crippen LogP contribution in [-0.4, -0.2) is 32.5 Å². The lowest BCUT2D eigenvalue weighted by Crippen LogP contribution is -2.47. The van der Waals surface area contributed by atoms with E-state index in [1.54, 1.807) is 0 Å². The highest BCUT2D eigenvalue weighted by molar-refractivity contribution is 6.74. The molecule has 28 heavy (non-hydrogen) atoms. The minimum absolute atomic E-state index is 0.0971. The Morgan fingerprint density at radius 3 is 2.50 bits per heavy atom. The molecule has 0 spiro atoms. The van der Waals surface area contributed by atoms with Crippen LogP contribution >= 0.6 is 11.6 Å². The van der Waals surface area contributed by atoms with E-state index in [2.05, 4.69) is 43.7 Å². The molecule has 2 N–H and O–H groups in total. The Hall–Kier alpha value is -1.14. The predicted octanol–water partition coefficient (Wildman–Crippen LogP) is 5.90. The Morgan fingerprint density at radius 1 is 1.29 bits per heavy atom. The largest absolute Gasteiger partial charge is 0.414 e. The molecule has 0 aliphatic carbocycles. The van der Waals surface area contributed by atoms with E-state index in [9.17, 15) is 0 Å². The van der Waals surface area contributed by atoms with E-state index >= 15 is 0 Å². The van der Waals surface area contributed by atoms with Crippen LogP contribution in [0.15, 0.2) is 24.4 Å². The van der Waals surface area contributed by atoms with Crippen LogP contribution < -0.4 is 10.6 Å². The molecule has 1 aliphatic heterocycles. The normalized spacial score (nSPS) is 17.9. The van der Waals surface area contributed by atoms with E-state index in [0.29, 0.717) is 6.10 Å². The molecule has 1 aromatic heterocycles. The van der Waals surface area contributed by atoms with Crippen molar-refractivity contribution in [3.63, 3.8) is 0 Å². The number of fused-ring (bicyclic) bond motifs is 1. The van der Waals surface area contributed by atoms with E-state index in [1.807, 2.05) is 31.3 Å². The van der Waals surface area contributed by atoms with Gasteiger partial charge in [-0.3, -0.25) is 4.98 Å². The number of nitrogens with two attached hydrogens (primary N) is 1. The zero-order valence-electron chi connectivity index (χ0n) is 18.1. The molecule has 1 fully saturated rings. The Labute approximate surface area is 175 Å². The average Bonchev–Trinajstić information content (AvgIpc) is 2.61. The number of hydrogen-bond acceptors (Lipinski definition) is 4. The third-order valence-corrected chi connectivity index (χ3v) is 11.2. The van der Waals surface area contributed by atoms with Crippen LogP contribution in [0.25, 0.3) is 10.9 Å². The first-order chi connectivity index (χ1) is 13.0. The number of hydrogen-bond donors (Lipinski definition) is 1. The van der Waals surface area contributed by atoms with Gasteiger partial charge in [0.15, 0.2) is 8.32 Å². The number of halogens is 1. The molecule has 1 aliphatic rings. The van der Waals surface area contributed by atoms with Crippen LogP contribution in [0.4, 0.5) is 5.69 Å². The van der Waals surface area contributed by atoms with Crippen molar-refractivity contribution in [3.05, 3.63) is 35.0 Å². The standard InChI is InChI=1S/C22H34ClN3OSi/c1-15(24)18-14-19(23)17-8-7-11-25-20(17)21(18)26-12-9-16(10-13-26)27-28(5,6)22(2,3)4/h7-8,11,14-16H,9-10,12-13,24H2,1-6H3. The summed E-state index contributed by atoms with van der Waals surface area (Å²) < 4.78 is 6.66. The molecule has 1 saturated heterocycles. The molecular weight excluding hydrogens is 386 g/mol. The van der Waals surface area contributed by atoms with Crippen LogP contribution in [0.2, 0.25) is 23.2 Å². The highest BCUT2D eigenvalue weighted by atomic mass is 35.5. The van der Waals surface area contributed by atoms with Crippen LogP contribution in [0.5, 0.6) is 0 Å². The quantitative estimate of drug-likeness (QED) is 0.627. The van der Waals surface area contributed by atoms with Crippen molar-refractivity contribution in [1.29, 1.82) is 0 Å². The zero-order valence-corrected chi connectivity index (χ0v) is 19.8. The second kappa shape index (κ2) is 7.94. The van der Waals surface area contributed by atoms with Crippen molar-refractivity contribution in [2.45, 2.75) is 70.8 Å². The van der Waals surface area contributed by atoms with E-state index in [4.69, 9.17) is 21.8 Å². The van der Waals surface area contributed by atoms with E-state index < -0.39 is 8.32 Å². The minimum Gasteiger partial charge on any atom is -0.414 e. The molecule has 4 nitrogen and oxygen atoms in total. The minimum atomic E-state index is -1.74. The number of nitrogens with zero attached hydrogens (tertiary/aromatic N) is 2. The monoisotopic (exact) mass is 419 g/mol. The van der Waals surface area contributed by atoms with Gasteiger partial charge in [-0.15, -0.1) is 0 Å². The van der Waals surface area contributed by atoms with E-state index in [0.717, 1.165) is 53.1 Å². The van der Waals surface area contributed by atoms with Gasteiger partial charge in [0.05, 0.1) is 16.2 Å². The Morgan fingerprint density at radius 2 is 1.93 bits per heavy atom. The fraction of sp³-hybridized carbons (Fsp3) is 0.591. The lowest BCUT2D eigenvalue weighted by atomic mass is 9.99. The third-order valence-electron chi connectivity index (χ3n) is 6.36. The van der Waals surface area contributed by atoms with Gasteiger partial charge in [-0.2, -0.15) is 0 Å². The molecule has 6 heteroatoms. The van der Waals surface area contributed by atoms with Crippen LogP contribution in [0, 0.1) is 0 Å². The number of rotatable bonds is 4. The van der Waals surface area contributed by atoms with Gasteiger partial charge in [0, 0.05) is 36.8 Å². The molecule has 1 aromatic carbocycles. The number of anilines is 1. The molecule has 2 heterocycles. The van der Waals surface area contributed by atoms with Crippen molar-refractivity contribution >= 4 is 36.5 Å². The van der Waals surface area contributed by atoms with Crippen molar-refractivity contribution < 1.29 is 4.43 Å². The van der Waals surface area contributed by atoms with Crippen LogP contribution in [-0.2, 0) is 4.43 Å². The summed E-state index contributed by atoms with van der Waals surface area (Å²) in [4.78, 5) is 7.09. The van der Waals surface area contributed by atoms with Gasteiger partial charge in [0.1, 0.15) is 0 Å². The summed E-state index contributed by atoms with van der Waals surface area (Å²) in [6.45, 7) is 15.5. The lowest BCUT2D eigenvalue weighted by molar-refractivity contribution is 0.152.